The molecule has 0 saturated heterocycles. The summed E-state index contributed by atoms with van der Waals surface area (Å²) >= 11 is 0. The predicted octanol–water partition coefficient (Wildman–Crippen LogP) is 3.91. The van der Waals surface area contributed by atoms with E-state index >= 15 is 0 Å². The number of carbonyl (C=O) groups excluding carboxylic acids is 1. The van der Waals surface area contributed by atoms with E-state index in [-0.39, 0.29) is 16.9 Å². The Morgan fingerprint density at radius 2 is 1.86 bits per heavy atom. The number of methoxy groups -OCH3 is 1. The first-order valence-electron chi connectivity index (χ1n) is 13.1. The maximum absolute atomic E-state index is 14.2. The van der Waals surface area contributed by atoms with Gasteiger partial charge in [-0.2, -0.15) is 0 Å². The van der Waals surface area contributed by atoms with Crippen LogP contribution in [0, 0.1) is 11.8 Å². The number of carbonyl (C=O) groups is 1. The van der Waals surface area contributed by atoms with Gasteiger partial charge < -0.3 is 15.8 Å². The van der Waals surface area contributed by atoms with E-state index in [9.17, 15) is 9.59 Å². The summed E-state index contributed by atoms with van der Waals surface area (Å²) in [5.41, 5.74) is 8.83. The highest BCUT2D eigenvalue weighted by Gasteiger charge is 2.24. The molecule has 0 aliphatic carbocycles. The van der Waals surface area contributed by atoms with Gasteiger partial charge in [0.2, 0.25) is 5.88 Å². The maximum Gasteiger partial charge on any atom is 0.264 e. The molecule has 0 bridgehead atoms. The molecular formula is C32H25N7O3. The fourth-order valence-corrected chi connectivity index (χ4v) is 4.83. The van der Waals surface area contributed by atoms with E-state index < -0.39 is 11.9 Å². The number of hydrogen-bond acceptors (Lipinski definition) is 7. The average molecular weight is 556 g/mol. The quantitative estimate of drug-likeness (QED) is 0.309. The summed E-state index contributed by atoms with van der Waals surface area (Å²) in [6, 6.07) is 21.3. The number of amides is 1. The van der Waals surface area contributed by atoms with Crippen LogP contribution in [-0.2, 0) is 0 Å². The first-order chi connectivity index (χ1) is 20.4. The number of nitrogens with one attached hydrogen (secondary N) is 1. The third kappa shape index (κ3) is 4.80. The van der Waals surface area contributed by atoms with E-state index in [0.29, 0.717) is 44.8 Å². The van der Waals surface area contributed by atoms with Gasteiger partial charge in [0.05, 0.1) is 18.5 Å². The number of nitrogen functional groups attached to an aromatic ring is 1. The van der Waals surface area contributed by atoms with E-state index in [1.807, 2.05) is 61.5 Å². The molecule has 206 valence electrons. The Labute approximate surface area is 240 Å². The van der Waals surface area contributed by atoms with Crippen molar-refractivity contribution >= 4 is 28.1 Å². The van der Waals surface area contributed by atoms with Gasteiger partial charge in [-0.1, -0.05) is 42.2 Å². The van der Waals surface area contributed by atoms with Crippen LogP contribution in [-0.4, -0.2) is 37.2 Å². The van der Waals surface area contributed by atoms with Crippen molar-refractivity contribution in [2.24, 2.45) is 0 Å². The van der Waals surface area contributed by atoms with Crippen molar-refractivity contribution in [2.75, 3.05) is 12.8 Å². The van der Waals surface area contributed by atoms with Gasteiger partial charge in [0.15, 0.2) is 11.5 Å². The summed E-state index contributed by atoms with van der Waals surface area (Å²) in [7, 11) is 1.55. The molecule has 0 aliphatic heterocycles. The molecule has 1 atom stereocenters. The number of rotatable bonds is 5. The van der Waals surface area contributed by atoms with Gasteiger partial charge in [0.1, 0.15) is 5.56 Å². The van der Waals surface area contributed by atoms with Gasteiger partial charge in [-0.25, -0.2) is 14.5 Å². The van der Waals surface area contributed by atoms with Gasteiger partial charge >= 0.3 is 0 Å². The Morgan fingerprint density at radius 3 is 2.62 bits per heavy atom. The van der Waals surface area contributed by atoms with E-state index in [0.717, 1.165) is 0 Å². The number of pyridine rings is 2. The van der Waals surface area contributed by atoms with Gasteiger partial charge in [-0.15, -0.1) is 5.10 Å². The zero-order valence-corrected chi connectivity index (χ0v) is 22.8. The second-order valence-electron chi connectivity index (χ2n) is 9.50. The second-order valence-corrected chi connectivity index (χ2v) is 9.50. The van der Waals surface area contributed by atoms with E-state index in [2.05, 4.69) is 32.2 Å². The average Bonchev–Trinajstić information content (AvgIpc) is 3.36. The third-order valence-electron chi connectivity index (χ3n) is 6.82. The molecule has 4 aromatic heterocycles. The summed E-state index contributed by atoms with van der Waals surface area (Å²) in [6.07, 6.45) is 4.85. The highest BCUT2D eigenvalue weighted by molar-refractivity contribution is 6.04. The molecule has 10 heteroatoms. The van der Waals surface area contributed by atoms with Gasteiger partial charge in [-0.3, -0.25) is 14.2 Å². The van der Waals surface area contributed by atoms with Crippen LogP contribution in [0.25, 0.3) is 22.1 Å². The maximum atomic E-state index is 14.2. The molecule has 0 saturated carbocycles. The van der Waals surface area contributed by atoms with Crippen LogP contribution in [0.5, 0.6) is 5.88 Å². The third-order valence-corrected chi connectivity index (χ3v) is 6.82. The molecule has 1 amide bonds. The number of ether oxygens (including phenoxy) is 1. The topological polar surface area (TPSA) is 129 Å². The molecule has 1 unspecified atom stereocenters. The van der Waals surface area contributed by atoms with Crippen LogP contribution in [0.4, 0.5) is 5.82 Å². The lowest BCUT2D eigenvalue weighted by atomic mass is 10.0. The minimum Gasteiger partial charge on any atom is -0.481 e. The molecule has 4 heterocycles. The lowest BCUT2D eigenvalue weighted by molar-refractivity contribution is 0.0941. The molecule has 2 aromatic carbocycles. The predicted molar refractivity (Wildman–Crippen MR) is 160 cm³/mol. The molecule has 6 rings (SSSR count). The van der Waals surface area contributed by atoms with Crippen LogP contribution in [0.15, 0.2) is 96.2 Å². The van der Waals surface area contributed by atoms with E-state index in [1.54, 1.807) is 48.5 Å². The number of hydrogen-bond donors (Lipinski definition) is 2. The van der Waals surface area contributed by atoms with Crippen molar-refractivity contribution < 1.29 is 9.53 Å². The number of para-hydroxylation sites is 1. The van der Waals surface area contributed by atoms with Crippen LogP contribution in [0.2, 0.25) is 0 Å². The van der Waals surface area contributed by atoms with E-state index in [4.69, 9.17) is 10.5 Å². The smallest absolute Gasteiger partial charge is 0.264 e. The molecule has 0 spiro atoms. The van der Waals surface area contributed by atoms with Crippen LogP contribution >= 0.6 is 0 Å². The number of aromatic nitrogens is 5. The molecule has 10 nitrogen and oxygen atoms in total. The highest BCUT2D eigenvalue weighted by atomic mass is 16.5. The van der Waals surface area contributed by atoms with Crippen molar-refractivity contribution in [2.45, 2.75) is 13.0 Å². The van der Waals surface area contributed by atoms with Crippen molar-refractivity contribution in [3.05, 3.63) is 124 Å². The minimum atomic E-state index is -0.590. The SMILES string of the molecule is COc1ccc(C#Cc2cccc3cc(C(C)NC(=O)c4c(N)nn5cccnc45)n(-c4ccccc4)c(=O)c23)cn1. The number of fused-ring (bicyclic) bond motifs is 2. The zero-order chi connectivity index (χ0) is 29.2. The summed E-state index contributed by atoms with van der Waals surface area (Å²) in [6.45, 7) is 1.81. The Kier molecular flexibility index (Phi) is 6.82. The fraction of sp³-hybridized carbons (Fsp3) is 0.0938. The van der Waals surface area contributed by atoms with Gasteiger partial charge in [0, 0.05) is 47.2 Å². The monoisotopic (exact) mass is 555 g/mol. The highest BCUT2D eigenvalue weighted by Crippen LogP contribution is 2.24. The molecule has 42 heavy (non-hydrogen) atoms. The Morgan fingerprint density at radius 1 is 1.02 bits per heavy atom. The lowest BCUT2D eigenvalue weighted by Crippen LogP contribution is -2.32. The summed E-state index contributed by atoms with van der Waals surface area (Å²) in [4.78, 5) is 36.1. The van der Waals surface area contributed by atoms with Crippen LogP contribution in [0.1, 0.15) is 40.1 Å². The molecule has 0 radical (unpaired) electrons. The molecule has 0 fully saturated rings. The van der Waals surface area contributed by atoms with Crippen molar-refractivity contribution in [3.63, 3.8) is 0 Å². The lowest BCUT2D eigenvalue weighted by Gasteiger charge is -2.21. The first-order valence-corrected chi connectivity index (χ1v) is 13.1. The van der Waals surface area contributed by atoms with Crippen molar-refractivity contribution in [1.82, 2.24) is 29.5 Å². The van der Waals surface area contributed by atoms with Crippen molar-refractivity contribution in [1.29, 1.82) is 0 Å². The summed E-state index contributed by atoms with van der Waals surface area (Å²) in [5.74, 6) is 6.33. The molecule has 6 aromatic rings. The van der Waals surface area contributed by atoms with Crippen LogP contribution in [0.3, 0.4) is 0 Å². The standard InChI is InChI=1S/C32H25N7O3/c1-20(36-31(40)28-29(33)37-38-17-7-16-34-30(28)38)25-18-23-9-6-8-22(14-12-21-13-15-26(42-2)35-19-21)27(23)32(41)39(25)24-10-4-3-5-11-24/h3-11,13,15-20H,1-2H3,(H2,33,37)(H,36,40). The fourth-order valence-electron chi connectivity index (χ4n) is 4.83. The summed E-state index contributed by atoms with van der Waals surface area (Å²) in [5, 5.41) is 8.33. The van der Waals surface area contributed by atoms with E-state index in [1.165, 1.54) is 4.52 Å². The zero-order valence-electron chi connectivity index (χ0n) is 22.8. The molecule has 3 N–H and O–H groups in total. The largest absolute Gasteiger partial charge is 0.481 e. The Balaban J connectivity index is 1.46. The van der Waals surface area contributed by atoms with Gasteiger partial charge in [0.25, 0.3) is 11.5 Å². The number of benzene rings is 2. The van der Waals surface area contributed by atoms with Gasteiger partial charge in [-0.05, 0) is 48.7 Å². The Hall–Kier alpha value is -5.95. The van der Waals surface area contributed by atoms with Crippen molar-refractivity contribution in [3.8, 4) is 23.4 Å². The second kappa shape index (κ2) is 10.9. The molecule has 0 aliphatic rings. The number of anilines is 1. The number of nitrogens with zero attached hydrogens (tertiary/aromatic N) is 5. The normalized spacial score (nSPS) is 11.6. The molecular weight excluding hydrogens is 530 g/mol. The Bertz CT molecular complexity index is 2070. The number of nitrogens with two attached hydrogens (primary N) is 1. The van der Waals surface area contributed by atoms with Crippen LogP contribution < -0.4 is 21.3 Å². The first kappa shape index (κ1) is 26.3. The summed E-state index contributed by atoms with van der Waals surface area (Å²) < 4.78 is 8.17. The minimum absolute atomic E-state index is 0.0626.